The Kier molecular flexibility index (Phi) is 2.94. The van der Waals surface area contributed by atoms with Crippen LogP contribution in [0.15, 0.2) is 6.20 Å². The second-order valence-electron chi connectivity index (χ2n) is 3.96. The number of Topliss-reactive ketones (excluding diaryl/α,β-unsaturated/α-hetero) is 1. The lowest BCUT2D eigenvalue weighted by Crippen LogP contribution is -2.21. The number of carbonyl (C=O) groups excluding carboxylic acids is 1. The normalized spacial score (nSPS) is 21.9. The first-order chi connectivity index (χ1) is 7.88. The van der Waals surface area contributed by atoms with Gasteiger partial charge in [0.05, 0.1) is 12.7 Å². The SMILES string of the molecule is Cn1cc(C2CC(=O)CCO2)c(C(F)(F)F)n1. The molecule has 1 aliphatic heterocycles. The van der Waals surface area contributed by atoms with Gasteiger partial charge < -0.3 is 4.74 Å². The topological polar surface area (TPSA) is 44.1 Å². The Hall–Kier alpha value is -1.37. The highest BCUT2D eigenvalue weighted by atomic mass is 19.4. The van der Waals surface area contributed by atoms with E-state index in [-0.39, 0.29) is 30.8 Å². The van der Waals surface area contributed by atoms with Crippen molar-refractivity contribution in [2.45, 2.75) is 25.1 Å². The summed E-state index contributed by atoms with van der Waals surface area (Å²) >= 11 is 0. The van der Waals surface area contributed by atoms with Gasteiger partial charge >= 0.3 is 6.18 Å². The molecule has 1 saturated heterocycles. The highest BCUT2D eigenvalue weighted by molar-refractivity contribution is 5.79. The highest BCUT2D eigenvalue weighted by Crippen LogP contribution is 2.36. The molecule has 0 saturated carbocycles. The van der Waals surface area contributed by atoms with Crippen LogP contribution in [0.2, 0.25) is 0 Å². The van der Waals surface area contributed by atoms with Crippen molar-refractivity contribution in [3.63, 3.8) is 0 Å². The van der Waals surface area contributed by atoms with Gasteiger partial charge in [-0.15, -0.1) is 0 Å². The maximum absolute atomic E-state index is 12.7. The predicted octanol–water partition coefficient (Wildman–Crippen LogP) is 1.86. The van der Waals surface area contributed by atoms with Crippen molar-refractivity contribution >= 4 is 5.78 Å². The number of ether oxygens (including phenoxy) is 1. The molecule has 1 aromatic heterocycles. The smallest absolute Gasteiger partial charge is 0.372 e. The van der Waals surface area contributed by atoms with Gasteiger partial charge in [0.1, 0.15) is 5.78 Å². The first-order valence-corrected chi connectivity index (χ1v) is 5.12. The van der Waals surface area contributed by atoms with Crippen LogP contribution >= 0.6 is 0 Å². The van der Waals surface area contributed by atoms with E-state index in [0.29, 0.717) is 0 Å². The minimum absolute atomic E-state index is 0.0191. The Morgan fingerprint density at radius 2 is 2.24 bits per heavy atom. The molecular formula is C10H11F3N2O2. The molecule has 0 amide bonds. The Morgan fingerprint density at radius 3 is 2.82 bits per heavy atom. The van der Waals surface area contributed by atoms with Crippen molar-refractivity contribution in [3.8, 4) is 0 Å². The van der Waals surface area contributed by atoms with Crippen molar-refractivity contribution in [1.29, 1.82) is 0 Å². The summed E-state index contributed by atoms with van der Waals surface area (Å²) in [5.74, 6) is -0.0850. The summed E-state index contributed by atoms with van der Waals surface area (Å²) < 4.78 is 44.4. The molecular weight excluding hydrogens is 237 g/mol. The number of alkyl halides is 3. The number of nitrogens with zero attached hydrogens (tertiary/aromatic N) is 2. The fraction of sp³-hybridized carbons (Fsp3) is 0.600. The summed E-state index contributed by atoms with van der Waals surface area (Å²) in [6.45, 7) is 0.162. The van der Waals surface area contributed by atoms with Gasteiger partial charge in [0, 0.05) is 31.6 Å². The predicted molar refractivity (Wildman–Crippen MR) is 51.1 cm³/mol. The van der Waals surface area contributed by atoms with Crippen molar-refractivity contribution < 1.29 is 22.7 Å². The highest BCUT2D eigenvalue weighted by Gasteiger charge is 2.40. The van der Waals surface area contributed by atoms with Crippen LogP contribution in [-0.2, 0) is 22.8 Å². The molecule has 0 aliphatic carbocycles. The van der Waals surface area contributed by atoms with Crippen LogP contribution in [0.1, 0.15) is 30.2 Å². The monoisotopic (exact) mass is 248 g/mol. The van der Waals surface area contributed by atoms with Crippen molar-refractivity contribution in [2.24, 2.45) is 7.05 Å². The van der Waals surface area contributed by atoms with E-state index >= 15 is 0 Å². The quantitative estimate of drug-likeness (QED) is 0.762. The van der Waals surface area contributed by atoms with Crippen LogP contribution in [0, 0.1) is 0 Å². The van der Waals surface area contributed by atoms with E-state index in [1.807, 2.05) is 0 Å². The van der Waals surface area contributed by atoms with E-state index in [9.17, 15) is 18.0 Å². The van der Waals surface area contributed by atoms with Crippen LogP contribution in [0.3, 0.4) is 0 Å². The average Bonchev–Trinajstić information content (AvgIpc) is 2.60. The zero-order chi connectivity index (χ0) is 12.6. The summed E-state index contributed by atoms with van der Waals surface area (Å²) in [4.78, 5) is 11.2. The van der Waals surface area contributed by atoms with Crippen LogP contribution in [0.4, 0.5) is 13.2 Å². The molecule has 0 N–H and O–H groups in total. The van der Waals surface area contributed by atoms with Crippen molar-refractivity contribution in [2.75, 3.05) is 6.61 Å². The van der Waals surface area contributed by atoms with Crippen molar-refractivity contribution in [3.05, 3.63) is 17.5 Å². The summed E-state index contributed by atoms with van der Waals surface area (Å²) in [6, 6.07) is 0. The van der Waals surface area contributed by atoms with E-state index in [1.54, 1.807) is 0 Å². The van der Waals surface area contributed by atoms with Crippen LogP contribution in [0.25, 0.3) is 0 Å². The lowest BCUT2D eigenvalue weighted by molar-refractivity contribution is -0.145. The average molecular weight is 248 g/mol. The third-order valence-electron chi connectivity index (χ3n) is 2.59. The minimum Gasteiger partial charge on any atom is -0.372 e. The Labute approximate surface area is 95.4 Å². The van der Waals surface area contributed by atoms with Crippen molar-refractivity contribution in [1.82, 2.24) is 9.78 Å². The number of halogens is 3. The summed E-state index contributed by atoms with van der Waals surface area (Å²) in [7, 11) is 1.41. The molecule has 1 aliphatic rings. The third-order valence-corrected chi connectivity index (χ3v) is 2.59. The molecule has 0 bridgehead atoms. The molecule has 2 rings (SSSR count). The van der Waals surface area contributed by atoms with Gasteiger partial charge in [0.25, 0.3) is 0 Å². The largest absolute Gasteiger partial charge is 0.435 e. The van der Waals surface area contributed by atoms with Gasteiger partial charge in [-0.05, 0) is 0 Å². The molecule has 94 valence electrons. The first-order valence-electron chi connectivity index (χ1n) is 5.12. The van der Waals surface area contributed by atoms with Crippen LogP contribution < -0.4 is 0 Å². The van der Waals surface area contributed by atoms with E-state index < -0.39 is 18.0 Å². The third kappa shape index (κ3) is 2.49. The number of carbonyl (C=O) groups is 1. The Balaban J connectivity index is 2.34. The second kappa shape index (κ2) is 4.14. The van der Waals surface area contributed by atoms with E-state index in [1.165, 1.54) is 13.2 Å². The maximum Gasteiger partial charge on any atom is 0.435 e. The fourth-order valence-electron chi connectivity index (χ4n) is 1.85. The fourth-order valence-corrected chi connectivity index (χ4v) is 1.85. The van der Waals surface area contributed by atoms with Crippen LogP contribution in [0.5, 0.6) is 0 Å². The van der Waals surface area contributed by atoms with E-state index in [0.717, 1.165) is 4.68 Å². The number of hydrogen-bond acceptors (Lipinski definition) is 3. The number of aromatic nitrogens is 2. The Bertz CT molecular complexity index is 439. The van der Waals surface area contributed by atoms with Gasteiger partial charge in [0.15, 0.2) is 5.69 Å². The lowest BCUT2D eigenvalue weighted by Gasteiger charge is -2.22. The van der Waals surface area contributed by atoms with E-state index in [2.05, 4.69) is 5.10 Å². The van der Waals surface area contributed by atoms with Crippen LogP contribution in [-0.4, -0.2) is 22.2 Å². The zero-order valence-electron chi connectivity index (χ0n) is 9.12. The molecule has 0 aromatic carbocycles. The molecule has 7 heteroatoms. The summed E-state index contributed by atoms with van der Waals surface area (Å²) in [5.41, 5.74) is -1.03. The molecule has 0 radical (unpaired) electrons. The molecule has 1 atom stereocenters. The molecule has 17 heavy (non-hydrogen) atoms. The molecule has 4 nitrogen and oxygen atoms in total. The first kappa shape index (κ1) is 12.1. The molecule has 2 heterocycles. The number of aryl methyl sites for hydroxylation is 1. The van der Waals surface area contributed by atoms with Gasteiger partial charge in [-0.2, -0.15) is 18.3 Å². The maximum atomic E-state index is 12.7. The molecule has 1 unspecified atom stereocenters. The number of rotatable bonds is 1. The zero-order valence-corrected chi connectivity index (χ0v) is 9.12. The summed E-state index contributed by atoms with van der Waals surface area (Å²) in [6.07, 6.45) is -3.86. The number of hydrogen-bond donors (Lipinski definition) is 0. The molecule has 1 fully saturated rings. The van der Waals surface area contributed by atoms with Gasteiger partial charge in [-0.1, -0.05) is 0 Å². The lowest BCUT2D eigenvalue weighted by atomic mass is 10.0. The van der Waals surface area contributed by atoms with Gasteiger partial charge in [-0.25, -0.2) is 0 Å². The van der Waals surface area contributed by atoms with Gasteiger partial charge in [0.2, 0.25) is 0 Å². The second-order valence-corrected chi connectivity index (χ2v) is 3.96. The summed E-state index contributed by atoms with van der Waals surface area (Å²) in [5, 5.41) is 3.38. The Morgan fingerprint density at radius 1 is 1.53 bits per heavy atom. The molecule has 1 aromatic rings. The standard InChI is InChI=1S/C10H11F3N2O2/c1-15-5-7(9(14-15)10(11,12)13)8-4-6(16)2-3-17-8/h5,8H,2-4H2,1H3. The minimum atomic E-state index is -4.53. The molecule has 0 spiro atoms. The van der Waals surface area contributed by atoms with E-state index in [4.69, 9.17) is 4.74 Å². The van der Waals surface area contributed by atoms with Gasteiger partial charge in [-0.3, -0.25) is 9.48 Å². The number of ketones is 1.